The lowest BCUT2D eigenvalue weighted by molar-refractivity contribution is -0.115. The molecule has 1 atom stereocenters. The maximum absolute atomic E-state index is 12.5. The van der Waals surface area contributed by atoms with E-state index in [0.717, 1.165) is 23.1 Å². The van der Waals surface area contributed by atoms with Crippen LogP contribution in [0.2, 0.25) is 0 Å². The van der Waals surface area contributed by atoms with Crippen molar-refractivity contribution in [3.63, 3.8) is 0 Å². The van der Waals surface area contributed by atoms with Gasteiger partial charge in [-0.2, -0.15) is 5.26 Å². The number of anilines is 1. The van der Waals surface area contributed by atoms with Crippen LogP contribution in [0.4, 0.5) is 5.69 Å². The number of nitrogens with zero attached hydrogens (tertiary/aromatic N) is 3. The van der Waals surface area contributed by atoms with Gasteiger partial charge in [0.05, 0.1) is 22.6 Å². The van der Waals surface area contributed by atoms with Crippen LogP contribution < -0.4 is 5.32 Å². The smallest absolute Gasteiger partial charge is 0.237 e. The summed E-state index contributed by atoms with van der Waals surface area (Å²) in [5.74, 6) is 0.429. The minimum absolute atomic E-state index is 0.0795. The Morgan fingerprint density at radius 2 is 1.92 bits per heavy atom. The molecule has 1 amide bonds. The molecule has 0 aliphatic heterocycles. The number of aryl methyl sites for hydroxylation is 1. The summed E-state index contributed by atoms with van der Waals surface area (Å²) < 4.78 is 2.19. The summed E-state index contributed by atoms with van der Waals surface area (Å²) >= 11 is 1.47. The molecule has 6 heteroatoms. The number of amides is 1. The van der Waals surface area contributed by atoms with E-state index in [1.165, 1.54) is 11.8 Å². The minimum Gasteiger partial charge on any atom is -0.325 e. The molecule has 2 rings (SSSR count). The maximum Gasteiger partial charge on any atom is 0.237 e. The number of carbonyl (C=O) groups excluding carboxylic acids is 1. The average molecular weight is 356 g/mol. The Morgan fingerprint density at radius 3 is 2.48 bits per heavy atom. The van der Waals surface area contributed by atoms with Crippen molar-refractivity contribution >= 4 is 23.4 Å². The normalized spacial score (nSPS) is 12.0. The molecule has 0 fully saturated rings. The highest BCUT2D eigenvalue weighted by Gasteiger charge is 2.20. The lowest BCUT2D eigenvalue weighted by Gasteiger charge is -2.15. The van der Waals surface area contributed by atoms with E-state index in [-0.39, 0.29) is 11.2 Å². The molecule has 1 heterocycles. The van der Waals surface area contributed by atoms with Crippen molar-refractivity contribution in [1.82, 2.24) is 9.55 Å². The first kappa shape index (κ1) is 19.1. The summed E-state index contributed by atoms with van der Waals surface area (Å²) in [5.41, 5.74) is 3.41. The van der Waals surface area contributed by atoms with Gasteiger partial charge in [0.15, 0.2) is 5.16 Å². The Labute approximate surface area is 153 Å². The van der Waals surface area contributed by atoms with Crippen LogP contribution in [0.15, 0.2) is 29.4 Å². The highest BCUT2D eigenvalue weighted by atomic mass is 32.2. The fourth-order valence-electron chi connectivity index (χ4n) is 2.38. The largest absolute Gasteiger partial charge is 0.325 e. The third kappa shape index (κ3) is 4.86. The topological polar surface area (TPSA) is 70.7 Å². The Bertz CT molecular complexity index is 787. The molecule has 0 saturated carbocycles. The fraction of sp³-hybridized carbons (Fsp3) is 0.421. The zero-order chi connectivity index (χ0) is 18.6. The maximum atomic E-state index is 12.5. The zero-order valence-corrected chi connectivity index (χ0v) is 16.1. The second-order valence-electron chi connectivity index (χ2n) is 6.51. The summed E-state index contributed by atoms with van der Waals surface area (Å²) in [6.45, 7) is 11.2. The number of nitriles is 1. The molecule has 0 saturated heterocycles. The van der Waals surface area contributed by atoms with Gasteiger partial charge >= 0.3 is 0 Å². The molecule has 1 aromatic carbocycles. The highest BCUT2D eigenvalue weighted by molar-refractivity contribution is 8.00. The van der Waals surface area contributed by atoms with Gasteiger partial charge in [0.2, 0.25) is 5.91 Å². The van der Waals surface area contributed by atoms with Crippen molar-refractivity contribution < 1.29 is 4.79 Å². The summed E-state index contributed by atoms with van der Waals surface area (Å²) in [7, 11) is 0. The second-order valence-corrected chi connectivity index (χ2v) is 7.82. The van der Waals surface area contributed by atoms with E-state index in [0.29, 0.717) is 17.2 Å². The van der Waals surface area contributed by atoms with Crippen molar-refractivity contribution in [1.29, 1.82) is 5.26 Å². The number of thioether (sulfide) groups is 1. The standard InChI is InChI=1S/C19H24N4OS/c1-12(2)11-23-14(4)13(3)21-19(23)25-15(5)18(24)22-17-8-6-16(10-20)7-9-17/h6-9,12,15H,11H2,1-5H3,(H,22,24). The molecule has 0 radical (unpaired) electrons. The second kappa shape index (κ2) is 8.21. The molecule has 1 aromatic heterocycles. The number of hydrogen-bond donors (Lipinski definition) is 1. The molecule has 0 spiro atoms. The predicted octanol–water partition coefficient (Wildman–Crippen LogP) is 4.15. The van der Waals surface area contributed by atoms with Crippen LogP contribution in [0.3, 0.4) is 0 Å². The summed E-state index contributed by atoms with van der Waals surface area (Å²) in [6, 6.07) is 8.92. The molecular formula is C19H24N4OS. The fourth-order valence-corrected chi connectivity index (χ4v) is 3.39. The van der Waals surface area contributed by atoms with Crippen LogP contribution in [0.5, 0.6) is 0 Å². The molecule has 0 bridgehead atoms. The Morgan fingerprint density at radius 1 is 1.28 bits per heavy atom. The van der Waals surface area contributed by atoms with Gasteiger partial charge in [-0.3, -0.25) is 4.79 Å². The van der Waals surface area contributed by atoms with Gasteiger partial charge in [0.25, 0.3) is 0 Å². The molecule has 1 unspecified atom stereocenters. The lowest BCUT2D eigenvalue weighted by atomic mass is 10.2. The Balaban J connectivity index is 2.08. The van der Waals surface area contributed by atoms with Crippen molar-refractivity contribution in [2.24, 2.45) is 5.92 Å². The number of rotatable bonds is 6. The number of benzene rings is 1. The minimum atomic E-state index is -0.275. The third-order valence-electron chi connectivity index (χ3n) is 3.90. The first-order valence-corrected chi connectivity index (χ1v) is 9.21. The van der Waals surface area contributed by atoms with Crippen LogP contribution in [-0.4, -0.2) is 20.7 Å². The SMILES string of the molecule is Cc1nc(SC(C)C(=O)Nc2ccc(C#N)cc2)n(CC(C)C)c1C. The van der Waals surface area contributed by atoms with Crippen LogP contribution in [0, 0.1) is 31.1 Å². The molecule has 132 valence electrons. The molecule has 2 aromatic rings. The van der Waals surface area contributed by atoms with Crippen LogP contribution in [-0.2, 0) is 11.3 Å². The molecule has 0 aliphatic rings. The number of aromatic nitrogens is 2. The van der Waals surface area contributed by atoms with Gasteiger partial charge in [-0.25, -0.2) is 4.98 Å². The summed E-state index contributed by atoms with van der Waals surface area (Å²) in [6.07, 6.45) is 0. The van der Waals surface area contributed by atoms with E-state index in [1.807, 2.05) is 13.8 Å². The molecule has 5 nitrogen and oxygen atoms in total. The molecule has 0 aliphatic carbocycles. The lowest BCUT2D eigenvalue weighted by Crippen LogP contribution is -2.23. The first-order valence-electron chi connectivity index (χ1n) is 8.33. The van der Waals surface area contributed by atoms with Gasteiger partial charge in [-0.1, -0.05) is 25.6 Å². The van der Waals surface area contributed by atoms with Gasteiger partial charge < -0.3 is 9.88 Å². The van der Waals surface area contributed by atoms with E-state index < -0.39 is 0 Å². The van der Waals surface area contributed by atoms with Crippen molar-refractivity contribution in [2.75, 3.05) is 5.32 Å². The number of imidazole rings is 1. The number of hydrogen-bond acceptors (Lipinski definition) is 4. The van der Waals surface area contributed by atoms with Gasteiger partial charge in [0, 0.05) is 17.9 Å². The van der Waals surface area contributed by atoms with E-state index >= 15 is 0 Å². The van der Waals surface area contributed by atoms with Crippen molar-refractivity contribution in [3.8, 4) is 6.07 Å². The first-order chi connectivity index (χ1) is 11.8. The molecule has 1 N–H and O–H groups in total. The molecule has 25 heavy (non-hydrogen) atoms. The van der Waals surface area contributed by atoms with Crippen molar-refractivity contribution in [3.05, 3.63) is 41.2 Å². The molecular weight excluding hydrogens is 332 g/mol. The summed E-state index contributed by atoms with van der Waals surface area (Å²) in [4.78, 5) is 17.1. The summed E-state index contributed by atoms with van der Waals surface area (Å²) in [5, 5.41) is 12.3. The van der Waals surface area contributed by atoms with Gasteiger partial charge in [0.1, 0.15) is 0 Å². The van der Waals surface area contributed by atoms with E-state index in [9.17, 15) is 4.79 Å². The predicted molar refractivity (Wildman–Crippen MR) is 102 cm³/mol. The zero-order valence-electron chi connectivity index (χ0n) is 15.3. The van der Waals surface area contributed by atoms with Crippen LogP contribution in [0.25, 0.3) is 0 Å². The van der Waals surface area contributed by atoms with E-state index in [2.05, 4.69) is 41.7 Å². The van der Waals surface area contributed by atoms with Crippen LogP contribution >= 0.6 is 11.8 Å². The van der Waals surface area contributed by atoms with Gasteiger partial charge in [-0.15, -0.1) is 0 Å². The number of carbonyl (C=O) groups is 1. The third-order valence-corrected chi connectivity index (χ3v) is 4.99. The monoisotopic (exact) mass is 356 g/mol. The average Bonchev–Trinajstić information content (AvgIpc) is 2.82. The Kier molecular flexibility index (Phi) is 6.27. The van der Waals surface area contributed by atoms with Crippen molar-refractivity contribution in [2.45, 2.75) is 51.6 Å². The Hall–Kier alpha value is -2.26. The number of nitrogens with one attached hydrogen (secondary N) is 1. The van der Waals surface area contributed by atoms with E-state index in [4.69, 9.17) is 5.26 Å². The van der Waals surface area contributed by atoms with Gasteiger partial charge in [-0.05, 0) is 51.0 Å². The van der Waals surface area contributed by atoms with E-state index in [1.54, 1.807) is 24.3 Å². The van der Waals surface area contributed by atoms with Crippen LogP contribution in [0.1, 0.15) is 37.7 Å². The highest BCUT2D eigenvalue weighted by Crippen LogP contribution is 2.27. The quantitative estimate of drug-likeness (QED) is 0.790.